The number of nitrogens with two attached hydrogens (primary N) is 2. The lowest BCUT2D eigenvalue weighted by molar-refractivity contribution is 0.0697. The monoisotopic (exact) mass is 236 g/mol. The van der Waals surface area contributed by atoms with E-state index in [-0.39, 0.29) is 12.1 Å². The van der Waals surface area contributed by atoms with Gasteiger partial charge in [0.2, 0.25) is 0 Å². The molecule has 0 spiro atoms. The lowest BCUT2D eigenvalue weighted by Gasteiger charge is -2.24. The summed E-state index contributed by atoms with van der Waals surface area (Å²) in [5.41, 5.74) is 11.6. The summed E-state index contributed by atoms with van der Waals surface area (Å²) in [6.45, 7) is 0. The first-order chi connectivity index (χ1) is 8.11. The number of carbonyl (C=O) groups is 1. The van der Waals surface area contributed by atoms with Gasteiger partial charge in [0.05, 0.1) is 5.56 Å². The SMILES string of the molecule is NC1CCCCC1N.O=C(O)c1ccccc1. The molecule has 2 rings (SSSR count). The summed E-state index contributed by atoms with van der Waals surface area (Å²) in [7, 11) is 0. The largest absolute Gasteiger partial charge is 0.478 e. The van der Waals surface area contributed by atoms with Crippen molar-refractivity contribution < 1.29 is 9.90 Å². The summed E-state index contributed by atoms with van der Waals surface area (Å²) in [5, 5.41) is 8.38. The van der Waals surface area contributed by atoms with E-state index in [2.05, 4.69) is 0 Å². The van der Waals surface area contributed by atoms with Crippen LogP contribution in [0.3, 0.4) is 0 Å². The molecule has 1 aromatic carbocycles. The van der Waals surface area contributed by atoms with Gasteiger partial charge in [-0.05, 0) is 25.0 Å². The minimum Gasteiger partial charge on any atom is -0.478 e. The van der Waals surface area contributed by atoms with Crippen LogP contribution in [0.2, 0.25) is 0 Å². The minimum absolute atomic E-state index is 0.281. The average molecular weight is 236 g/mol. The van der Waals surface area contributed by atoms with Crippen LogP contribution >= 0.6 is 0 Å². The summed E-state index contributed by atoms with van der Waals surface area (Å²) in [6, 6.07) is 8.86. The highest BCUT2D eigenvalue weighted by molar-refractivity contribution is 5.87. The van der Waals surface area contributed by atoms with Crippen LogP contribution in [0, 0.1) is 0 Å². The summed E-state index contributed by atoms with van der Waals surface area (Å²) < 4.78 is 0. The number of benzene rings is 1. The fourth-order valence-electron chi connectivity index (χ4n) is 1.77. The zero-order valence-electron chi connectivity index (χ0n) is 9.88. The first-order valence-electron chi connectivity index (χ1n) is 5.90. The molecular weight excluding hydrogens is 216 g/mol. The molecule has 0 aliphatic heterocycles. The van der Waals surface area contributed by atoms with E-state index in [4.69, 9.17) is 16.6 Å². The lowest BCUT2D eigenvalue weighted by Crippen LogP contribution is -2.43. The van der Waals surface area contributed by atoms with Crippen LogP contribution in [0.4, 0.5) is 0 Å². The summed E-state index contributed by atoms with van der Waals surface area (Å²) in [5.74, 6) is -0.879. The highest BCUT2D eigenvalue weighted by Crippen LogP contribution is 2.14. The molecule has 5 N–H and O–H groups in total. The summed E-state index contributed by atoms with van der Waals surface area (Å²) in [4.78, 5) is 10.2. The molecule has 94 valence electrons. The van der Waals surface area contributed by atoms with Gasteiger partial charge in [-0.3, -0.25) is 0 Å². The Morgan fingerprint density at radius 2 is 1.53 bits per heavy atom. The normalized spacial score (nSPS) is 23.4. The molecule has 0 radical (unpaired) electrons. The Bertz CT molecular complexity index is 331. The third kappa shape index (κ3) is 4.97. The molecular formula is C13H20N2O2. The molecule has 0 bridgehead atoms. The smallest absolute Gasteiger partial charge is 0.335 e. The molecule has 0 saturated heterocycles. The number of carboxylic acid groups (broad SMARTS) is 1. The van der Waals surface area contributed by atoms with Crippen LogP contribution in [-0.4, -0.2) is 23.2 Å². The lowest BCUT2D eigenvalue weighted by atomic mass is 9.92. The Kier molecular flexibility index (Phi) is 5.66. The van der Waals surface area contributed by atoms with Gasteiger partial charge in [0.25, 0.3) is 0 Å². The van der Waals surface area contributed by atoms with Crippen LogP contribution in [0.25, 0.3) is 0 Å². The van der Waals surface area contributed by atoms with E-state index in [0.29, 0.717) is 5.56 Å². The van der Waals surface area contributed by atoms with E-state index < -0.39 is 5.97 Å². The second kappa shape index (κ2) is 7.04. The maximum Gasteiger partial charge on any atom is 0.335 e. The first-order valence-corrected chi connectivity index (χ1v) is 5.90. The minimum atomic E-state index is -0.879. The van der Waals surface area contributed by atoms with Crippen LogP contribution in [0.5, 0.6) is 0 Å². The van der Waals surface area contributed by atoms with E-state index in [0.717, 1.165) is 12.8 Å². The Balaban J connectivity index is 0.000000171. The Morgan fingerprint density at radius 3 is 1.82 bits per heavy atom. The topological polar surface area (TPSA) is 89.3 Å². The van der Waals surface area contributed by atoms with Crippen molar-refractivity contribution in [2.45, 2.75) is 37.8 Å². The average Bonchev–Trinajstić information content (AvgIpc) is 2.35. The zero-order valence-corrected chi connectivity index (χ0v) is 9.88. The predicted octanol–water partition coefficient (Wildman–Crippen LogP) is 1.60. The Labute approximate surface area is 102 Å². The van der Waals surface area contributed by atoms with E-state index in [1.54, 1.807) is 30.3 Å². The van der Waals surface area contributed by atoms with Gasteiger partial charge < -0.3 is 16.6 Å². The molecule has 2 unspecified atom stereocenters. The quantitative estimate of drug-likeness (QED) is 0.691. The summed E-state index contributed by atoms with van der Waals surface area (Å²) >= 11 is 0. The van der Waals surface area contributed by atoms with Crippen molar-refractivity contribution in [1.82, 2.24) is 0 Å². The highest BCUT2D eigenvalue weighted by atomic mass is 16.4. The summed E-state index contributed by atoms with van der Waals surface area (Å²) in [6.07, 6.45) is 4.80. The van der Waals surface area contributed by atoms with E-state index in [1.807, 2.05) is 0 Å². The highest BCUT2D eigenvalue weighted by Gasteiger charge is 2.16. The standard InChI is InChI=1S/C7H6O2.C6H14N2/c8-7(9)6-4-2-1-3-5-6;7-5-3-1-2-4-6(5)8/h1-5H,(H,8,9);5-6H,1-4,7-8H2. The number of hydrogen-bond donors (Lipinski definition) is 3. The van der Waals surface area contributed by atoms with Gasteiger partial charge in [-0.1, -0.05) is 31.0 Å². The van der Waals surface area contributed by atoms with Crippen molar-refractivity contribution >= 4 is 5.97 Å². The molecule has 0 heterocycles. The zero-order chi connectivity index (χ0) is 12.7. The van der Waals surface area contributed by atoms with Gasteiger partial charge in [0.1, 0.15) is 0 Å². The van der Waals surface area contributed by atoms with Crippen molar-refractivity contribution in [2.75, 3.05) is 0 Å². The van der Waals surface area contributed by atoms with Gasteiger partial charge in [-0.25, -0.2) is 4.79 Å². The maximum absolute atomic E-state index is 10.2. The molecule has 1 aliphatic rings. The van der Waals surface area contributed by atoms with Crippen LogP contribution in [0.1, 0.15) is 36.0 Å². The van der Waals surface area contributed by atoms with E-state index in [1.165, 1.54) is 12.8 Å². The molecule has 4 nitrogen and oxygen atoms in total. The van der Waals surface area contributed by atoms with Crippen molar-refractivity contribution in [3.63, 3.8) is 0 Å². The van der Waals surface area contributed by atoms with Crippen LogP contribution in [0.15, 0.2) is 30.3 Å². The number of rotatable bonds is 1. The molecule has 1 aliphatic carbocycles. The van der Waals surface area contributed by atoms with Crippen LogP contribution in [-0.2, 0) is 0 Å². The molecule has 0 amide bonds. The molecule has 2 atom stereocenters. The van der Waals surface area contributed by atoms with Crippen molar-refractivity contribution in [3.05, 3.63) is 35.9 Å². The molecule has 1 saturated carbocycles. The van der Waals surface area contributed by atoms with E-state index in [9.17, 15) is 4.79 Å². The van der Waals surface area contributed by atoms with E-state index >= 15 is 0 Å². The van der Waals surface area contributed by atoms with Crippen molar-refractivity contribution in [3.8, 4) is 0 Å². The Hall–Kier alpha value is -1.39. The molecule has 4 heteroatoms. The van der Waals surface area contributed by atoms with Gasteiger partial charge in [-0.15, -0.1) is 0 Å². The fourth-order valence-corrected chi connectivity index (χ4v) is 1.77. The number of aromatic carboxylic acids is 1. The van der Waals surface area contributed by atoms with Gasteiger partial charge in [0, 0.05) is 12.1 Å². The first kappa shape index (κ1) is 13.7. The fraction of sp³-hybridized carbons (Fsp3) is 0.462. The Morgan fingerprint density at radius 1 is 1.06 bits per heavy atom. The van der Waals surface area contributed by atoms with Crippen molar-refractivity contribution in [1.29, 1.82) is 0 Å². The molecule has 1 aromatic rings. The molecule has 0 aromatic heterocycles. The molecule has 17 heavy (non-hydrogen) atoms. The predicted molar refractivity (Wildman–Crippen MR) is 67.8 cm³/mol. The maximum atomic E-state index is 10.2. The number of carboxylic acids is 1. The third-order valence-corrected chi connectivity index (χ3v) is 2.90. The van der Waals surface area contributed by atoms with Gasteiger partial charge >= 0.3 is 5.97 Å². The third-order valence-electron chi connectivity index (χ3n) is 2.90. The van der Waals surface area contributed by atoms with Crippen molar-refractivity contribution in [2.24, 2.45) is 11.5 Å². The second-order valence-corrected chi connectivity index (χ2v) is 4.28. The molecule has 1 fully saturated rings. The second-order valence-electron chi connectivity index (χ2n) is 4.28. The van der Waals surface area contributed by atoms with Crippen LogP contribution < -0.4 is 11.5 Å². The number of hydrogen-bond acceptors (Lipinski definition) is 3. The van der Waals surface area contributed by atoms with Gasteiger partial charge in [0.15, 0.2) is 0 Å². The van der Waals surface area contributed by atoms with Gasteiger partial charge in [-0.2, -0.15) is 0 Å².